The highest BCUT2D eigenvalue weighted by molar-refractivity contribution is 6.07. The monoisotopic (exact) mass is 392 g/mol. The summed E-state index contributed by atoms with van der Waals surface area (Å²) in [5, 5.41) is 0.776. The SMILES string of the molecule is COC(=O)C1CCN(C(=O)c2cc(-c3ccc(F)cc3)nc3ccccc23)CC1. The van der Waals surface area contributed by atoms with Gasteiger partial charge in [-0.05, 0) is 49.2 Å². The summed E-state index contributed by atoms with van der Waals surface area (Å²) in [5.74, 6) is -0.785. The largest absolute Gasteiger partial charge is 0.469 e. The van der Waals surface area contributed by atoms with Crippen molar-refractivity contribution >= 4 is 22.8 Å². The van der Waals surface area contributed by atoms with Crippen molar-refractivity contribution in [1.29, 1.82) is 0 Å². The molecule has 0 radical (unpaired) electrons. The Kier molecular flexibility index (Phi) is 5.25. The minimum absolute atomic E-state index is 0.0877. The molecule has 1 aliphatic heterocycles. The maximum atomic E-state index is 13.3. The number of fused-ring (bicyclic) bond motifs is 1. The number of para-hydroxylation sites is 1. The van der Waals surface area contributed by atoms with E-state index in [1.165, 1.54) is 19.2 Å². The number of piperidine rings is 1. The number of benzene rings is 2. The van der Waals surface area contributed by atoms with Gasteiger partial charge in [0.1, 0.15) is 5.82 Å². The van der Waals surface area contributed by atoms with Crippen molar-refractivity contribution in [3.63, 3.8) is 0 Å². The van der Waals surface area contributed by atoms with E-state index in [1.54, 1.807) is 23.1 Å². The Balaban J connectivity index is 1.68. The lowest BCUT2D eigenvalue weighted by molar-refractivity contribution is -0.146. The first-order valence-corrected chi connectivity index (χ1v) is 9.59. The molecule has 0 unspecified atom stereocenters. The Labute approximate surface area is 168 Å². The number of carbonyl (C=O) groups is 2. The molecule has 6 heteroatoms. The Morgan fingerprint density at radius 2 is 1.76 bits per heavy atom. The lowest BCUT2D eigenvalue weighted by Crippen LogP contribution is -2.40. The predicted octanol–water partition coefficient (Wildman–Crippen LogP) is 4.07. The maximum absolute atomic E-state index is 13.3. The molecular formula is C23H21FN2O3. The molecule has 0 N–H and O–H groups in total. The third kappa shape index (κ3) is 3.83. The van der Waals surface area contributed by atoms with Crippen LogP contribution in [0.25, 0.3) is 22.2 Å². The van der Waals surface area contributed by atoms with Crippen LogP contribution >= 0.6 is 0 Å². The van der Waals surface area contributed by atoms with Crippen LogP contribution in [0.15, 0.2) is 54.6 Å². The minimum atomic E-state index is -0.320. The summed E-state index contributed by atoms with van der Waals surface area (Å²) < 4.78 is 18.1. The second-order valence-corrected chi connectivity index (χ2v) is 7.17. The quantitative estimate of drug-likeness (QED) is 0.631. The molecule has 0 aliphatic carbocycles. The number of pyridine rings is 1. The highest BCUT2D eigenvalue weighted by atomic mass is 19.1. The van der Waals surface area contributed by atoms with Gasteiger partial charge in [0.25, 0.3) is 5.91 Å². The molecule has 29 heavy (non-hydrogen) atoms. The molecule has 0 bridgehead atoms. The number of aromatic nitrogens is 1. The highest BCUT2D eigenvalue weighted by Gasteiger charge is 2.29. The number of nitrogens with zero attached hydrogens (tertiary/aromatic N) is 2. The first-order chi connectivity index (χ1) is 14.1. The van der Waals surface area contributed by atoms with Crippen LogP contribution in [0.4, 0.5) is 4.39 Å². The van der Waals surface area contributed by atoms with Gasteiger partial charge < -0.3 is 9.64 Å². The van der Waals surface area contributed by atoms with Crippen LogP contribution in [0.3, 0.4) is 0 Å². The molecule has 1 aromatic heterocycles. The molecule has 1 fully saturated rings. The molecule has 2 heterocycles. The van der Waals surface area contributed by atoms with E-state index >= 15 is 0 Å². The second kappa shape index (κ2) is 7.99. The first-order valence-electron chi connectivity index (χ1n) is 9.59. The number of esters is 1. The van der Waals surface area contributed by atoms with Gasteiger partial charge in [0, 0.05) is 24.0 Å². The van der Waals surface area contributed by atoms with Gasteiger partial charge in [-0.3, -0.25) is 9.59 Å². The number of amides is 1. The van der Waals surface area contributed by atoms with E-state index in [9.17, 15) is 14.0 Å². The highest BCUT2D eigenvalue weighted by Crippen LogP contribution is 2.27. The van der Waals surface area contributed by atoms with Crippen molar-refractivity contribution in [3.8, 4) is 11.3 Å². The van der Waals surface area contributed by atoms with E-state index in [0.29, 0.717) is 42.7 Å². The van der Waals surface area contributed by atoms with E-state index in [0.717, 1.165) is 10.9 Å². The van der Waals surface area contributed by atoms with Crippen LogP contribution < -0.4 is 0 Å². The normalized spacial score (nSPS) is 14.8. The fraction of sp³-hybridized carbons (Fsp3) is 0.261. The van der Waals surface area contributed by atoms with Crippen molar-refractivity contribution in [2.24, 2.45) is 5.92 Å². The van der Waals surface area contributed by atoms with Gasteiger partial charge in [-0.2, -0.15) is 0 Å². The van der Waals surface area contributed by atoms with E-state index in [1.807, 2.05) is 24.3 Å². The molecule has 5 nitrogen and oxygen atoms in total. The first kappa shape index (κ1) is 19.1. The standard InChI is InChI=1S/C23H21FN2O3/c1-29-23(28)16-10-12-26(13-11-16)22(27)19-14-21(15-6-8-17(24)9-7-15)25-20-5-3-2-4-18(19)20/h2-9,14,16H,10-13H2,1H3. The van der Waals surface area contributed by atoms with Gasteiger partial charge in [-0.1, -0.05) is 18.2 Å². The zero-order valence-electron chi connectivity index (χ0n) is 16.1. The van der Waals surface area contributed by atoms with Crippen molar-refractivity contribution in [2.45, 2.75) is 12.8 Å². The summed E-state index contributed by atoms with van der Waals surface area (Å²) >= 11 is 0. The van der Waals surface area contributed by atoms with E-state index in [4.69, 9.17) is 4.74 Å². The van der Waals surface area contributed by atoms with Gasteiger partial charge >= 0.3 is 5.97 Å². The molecule has 0 atom stereocenters. The van der Waals surface area contributed by atoms with Gasteiger partial charge in [-0.25, -0.2) is 9.37 Å². The predicted molar refractivity (Wildman–Crippen MR) is 108 cm³/mol. The molecule has 2 aromatic carbocycles. The summed E-state index contributed by atoms with van der Waals surface area (Å²) in [6.45, 7) is 1.00. The molecule has 0 spiro atoms. The number of carbonyl (C=O) groups excluding carboxylic acids is 2. The second-order valence-electron chi connectivity index (χ2n) is 7.17. The van der Waals surface area contributed by atoms with Crippen LogP contribution in [-0.2, 0) is 9.53 Å². The number of methoxy groups -OCH3 is 1. The van der Waals surface area contributed by atoms with Crippen LogP contribution in [0, 0.1) is 11.7 Å². The fourth-order valence-corrected chi connectivity index (χ4v) is 3.78. The van der Waals surface area contributed by atoms with Crippen molar-refractivity contribution in [3.05, 3.63) is 66.0 Å². The molecule has 1 aliphatic rings. The molecule has 1 saturated heterocycles. The Morgan fingerprint density at radius 1 is 1.07 bits per heavy atom. The Hall–Kier alpha value is -3.28. The topological polar surface area (TPSA) is 59.5 Å². The third-order valence-corrected chi connectivity index (χ3v) is 5.40. The molecule has 1 amide bonds. The van der Waals surface area contributed by atoms with E-state index in [-0.39, 0.29) is 23.6 Å². The van der Waals surface area contributed by atoms with Gasteiger partial charge in [0.2, 0.25) is 0 Å². The van der Waals surface area contributed by atoms with Crippen LogP contribution in [0.1, 0.15) is 23.2 Å². The number of ether oxygens (including phenoxy) is 1. The van der Waals surface area contributed by atoms with Crippen molar-refractivity contribution in [2.75, 3.05) is 20.2 Å². The van der Waals surface area contributed by atoms with Crippen molar-refractivity contribution < 1.29 is 18.7 Å². The van der Waals surface area contributed by atoms with Crippen LogP contribution in [0.2, 0.25) is 0 Å². The van der Waals surface area contributed by atoms with Crippen molar-refractivity contribution in [1.82, 2.24) is 9.88 Å². The number of halogens is 1. The molecule has 0 saturated carbocycles. The average Bonchev–Trinajstić information content (AvgIpc) is 2.78. The number of hydrogen-bond donors (Lipinski definition) is 0. The zero-order chi connectivity index (χ0) is 20.4. The van der Waals surface area contributed by atoms with Gasteiger partial charge in [-0.15, -0.1) is 0 Å². The van der Waals surface area contributed by atoms with Crippen LogP contribution in [0.5, 0.6) is 0 Å². The maximum Gasteiger partial charge on any atom is 0.308 e. The summed E-state index contributed by atoms with van der Waals surface area (Å²) in [7, 11) is 1.39. The lowest BCUT2D eigenvalue weighted by Gasteiger charge is -2.31. The molecule has 3 aromatic rings. The summed E-state index contributed by atoms with van der Waals surface area (Å²) in [4.78, 5) is 31.5. The number of likely N-dealkylation sites (tertiary alicyclic amines) is 1. The smallest absolute Gasteiger partial charge is 0.308 e. The fourth-order valence-electron chi connectivity index (χ4n) is 3.78. The Morgan fingerprint density at radius 3 is 2.45 bits per heavy atom. The van der Waals surface area contributed by atoms with Gasteiger partial charge in [0.15, 0.2) is 0 Å². The van der Waals surface area contributed by atoms with Gasteiger partial charge in [0.05, 0.1) is 29.8 Å². The summed E-state index contributed by atoms with van der Waals surface area (Å²) in [5.41, 5.74) is 2.64. The third-order valence-electron chi connectivity index (χ3n) is 5.40. The summed E-state index contributed by atoms with van der Waals surface area (Å²) in [6.07, 6.45) is 1.18. The lowest BCUT2D eigenvalue weighted by atomic mass is 9.96. The number of rotatable bonds is 3. The molecule has 148 valence electrons. The molecular weight excluding hydrogens is 371 g/mol. The molecule has 4 rings (SSSR count). The Bertz CT molecular complexity index is 1060. The summed E-state index contributed by atoms with van der Waals surface area (Å²) in [6, 6.07) is 15.3. The van der Waals surface area contributed by atoms with E-state index in [2.05, 4.69) is 4.98 Å². The zero-order valence-corrected chi connectivity index (χ0v) is 16.1. The average molecular weight is 392 g/mol. The van der Waals surface area contributed by atoms with Crippen LogP contribution in [-0.4, -0.2) is 42.0 Å². The number of hydrogen-bond acceptors (Lipinski definition) is 4. The minimum Gasteiger partial charge on any atom is -0.469 e. The van der Waals surface area contributed by atoms with E-state index < -0.39 is 0 Å².